The first-order valence-electron chi connectivity index (χ1n) is 10.2. The van der Waals surface area contributed by atoms with Gasteiger partial charge >= 0.3 is 0 Å². The molecule has 0 unspecified atom stereocenters. The van der Waals surface area contributed by atoms with E-state index in [9.17, 15) is 0 Å². The fraction of sp³-hybridized carbons (Fsp3) is 0. The van der Waals surface area contributed by atoms with Crippen LogP contribution in [-0.4, -0.2) is 14.4 Å². The molecule has 0 radical (unpaired) electrons. The lowest BCUT2D eigenvalue weighted by atomic mass is 9.99. The average Bonchev–Trinajstić information content (AvgIpc) is 3.53. The Kier molecular flexibility index (Phi) is 2.60. The van der Waals surface area contributed by atoms with Crippen molar-refractivity contribution in [3.8, 4) is 0 Å². The van der Waals surface area contributed by atoms with E-state index in [0.717, 1.165) is 71.2 Å². The molecule has 0 aliphatic heterocycles. The Labute approximate surface area is 174 Å². The predicted octanol–water partition coefficient (Wildman–Crippen LogP) is 6.83. The van der Waals surface area contributed by atoms with E-state index in [2.05, 4.69) is 38.6 Å². The van der Waals surface area contributed by atoms with Crippen LogP contribution in [0.25, 0.3) is 71.2 Å². The molecule has 3 aromatic carbocycles. The number of pyridine rings is 2. The van der Waals surface area contributed by atoms with Crippen LogP contribution in [0.4, 0.5) is 0 Å². The van der Waals surface area contributed by atoms with Crippen molar-refractivity contribution >= 4 is 71.2 Å². The van der Waals surface area contributed by atoms with Crippen molar-refractivity contribution in [3.63, 3.8) is 0 Å². The van der Waals surface area contributed by atoms with Gasteiger partial charge in [0.1, 0.15) is 27.9 Å². The molecule has 5 aromatic heterocycles. The van der Waals surface area contributed by atoms with Crippen molar-refractivity contribution in [3.05, 3.63) is 79.4 Å². The maximum atomic E-state index is 6.53. The van der Waals surface area contributed by atoms with Gasteiger partial charge in [-0.15, -0.1) is 0 Å². The number of nitrogens with zero attached hydrogens (tertiary/aromatic N) is 3. The number of rotatable bonds is 0. The Morgan fingerprint density at radius 2 is 1.35 bits per heavy atom. The van der Waals surface area contributed by atoms with Gasteiger partial charge in [-0.1, -0.05) is 36.4 Å². The van der Waals surface area contributed by atoms with E-state index in [1.54, 1.807) is 0 Å². The zero-order valence-electron chi connectivity index (χ0n) is 16.2. The first-order chi connectivity index (χ1) is 15.4. The molecular formula is C26H13N3O2. The second kappa shape index (κ2) is 5.21. The van der Waals surface area contributed by atoms with Gasteiger partial charge in [0.05, 0.1) is 5.39 Å². The molecule has 8 aromatic rings. The summed E-state index contributed by atoms with van der Waals surface area (Å²) in [6.07, 6.45) is 7.48. The SMILES string of the molecule is c1ccc2c(c1)oc1c2c2c3ccccc3oc2c2c1c1ccncc1c1nccn12. The number of hydrogen-bond acceptors (Lipinski definition) is 4. The van der Waals surface area contributed by atoms with Crippen LogP contribution in [0, 0.1) is 0 Å². The number of furan rings is 2. The molecule has 0 N–H and O–H groups in total. The first kappa shape index (κ1) is 15.5. The average molecular weight is 399 g/mol. The van der Waals surface area contributed by atoms with Crippen LogP contribution in [0.5, 0.6) is 0 Å². The van der Waals surface area contributed by atoms with E-state index in [1.165, 1.54) is 0 Å². The van der Waals surface area contributed by atoms with E-state index in [0.29, 0.717) is 0 Å². The van der Waals surface area contributed by atoms with Gasteiger partial charge < -0.3 is 8.83 Å². The van der Waals surface area contributed by atoms with Crippen LogP contribution >= 0.6 is 0 Å². The highest BCUT2D eigenvalue weighted by Gasteiger charge is 2.24. The van der Waals surface area contributed by atoms with Gasteiger partial charge in [0, 0.05) is 57.1 Å². The van der Waals surface area contributed by atoms with Crippen molar-refractivity contribution in [1.29, 1.82) is 0 Å². The molecule has 144 valence electrons. The minimum Gasteiger partial charge on any atom is -0.455 e. The van der Waals surface area contributed by atoms with E-state index in [1.807, 2.05) is 55.1 Å². The maximum Gasteiger partial charge on any atom is 0.160 e. The van der Waals surface area contributed by atoms with Gasteiger partial charge in [0.25, 0.3) is 0 Å². The molecule has 0 amide bonds. The molecule has 0 saturated carbocycles. The summed E-state index contributed by atoms with van der Waals surface area (Å²) in [7, 11) is 0. The van der Waals surface area contributed by atoms with E-state index in [-0.39, 0.29) is 0 Å². The predicted molar refractivity (Wildman–Crippen MR) is 123 cm³/mol. The molecule has 5 heterocycles. The minimum absolute atomic E-state index is 0.844. The number of aromatic nitrogens is 3. The minimum atomic E-state index is 0.844. The van der Waals surface area contributed by atoms with Gasteiger partial charge in [-0.25, -0.2) is 4.98 Å². The molecule has 0 aliphatic carbocycles. The third-order valence-corrected chi connectivity index (χ3v) is 6.33. The monoisotopic (exact) mass is 399 g/mol. The molecule has 0 spiro atoms. The molecule has 0 aliphatic rings. The second-order valence-electron chi connectivity index (χ2n) is 7.87. The van der Waals surface area contributed by atoms with Gasteiger partial charge in [-0.3, -0.25) is 9.38 Å². The number of imidazole rings is 1. The number of para-hydroxylation sites is 2. The summed E-state index contributed by atoms with van der Waals surface area (Å²) in [5, 5.41) is 7.38. The highest BCUT2D eigenvalue weighted by molar-refractivity contribution is 6.37. The van der Waals surface area contributed by atoms with E-state index < -0.39 is 0 Å². The maximum absolute atomic E-state index is 6.53. The molecule has 0 bridgehead atoms. The first-order valence-corrected chi connectivity index (χ1v) is 10.2. The Morgan fingerprint density at radius 3 is 2.16 bits per heavy atom. The summed E-state index contributed by atoms with van der Waals surface area (Å²) in [6, 6.07) is 18.4. The third kappa shape index (κ3) is 1.74. The zero-order chi connectivity index (χ0) is 20.1. The highest BCUT2D eigenvalue weighted by atomic mass is 16.3. The smallest absolute Gasteiger partial charge is 0.160 e. The van der Waals surface area contributed by atoms with Crippen molar-refractivity contribution < 1.29 is 8.83 Å². The second-order valence-corrected chi connectivity index (χ2v) is 7.87. The summed E-state index contributed by atoms with van der Waals surface area (Å²) in [6.45, 7) is 0. The number of benzene rings is 3. The number of fused-ring (bicyclic) bond motifs is 15. The van der Waals surface area contributed by atoms with Gasteiger partial charge in [-0.05, 0) is 18.2 Å². The molecule has 31 heavy (non-hydrogen) atoms. The summed E-state index contributed by atoms with van der Waals surface area (Å²) in [4.78, 5) is 8.99. The van der Waals surface area contributed by atoms with Crippen LogP contribution in [0.1, 0.15) is 0 Å². The molecule has 5 heteroatoms. The van der Waals surface area contributed by atoms with E-state index in [4.69, 9.17) is 8.83 Å². The molecule has 0 saturated heterocycles. The summed E-state index contributed by atoms with van der Waals surface area (Å²) in [5.74, 6) is 0. The van der Waals surface area contributed by atoms with Crippen LogP contribution < -0.4 is 0 Å². The quantitative estimate of drug-likeness (QED) is 0.262. The Morgan fingerprint density at radius 1 is 0.645 bits per heavy atom. The molecule has 5 nitrogen and oxygen atoms in total. The van der Waals surface area contributed by atoms with Crippen LogP contribution in [-0.2, 0) is 0 Å². The standard InChI is InChI=1S/C26H13N3O2/c1-3-7-18-15(5-1)20-21-16-6-2-4-8-19(16)31-25(21)23-22(24(20)30-18)14-9-10-27-13-17(14)26-28-11-12-29(23)26/h1-13H. The van der Waals surface area contributed by atoms with Crippen molar-refractivity contribution in [2.45, 2.75) is 0 Å². The van der Waals surface area contributed by atoms with Gasteiger partial charge in [0.15, 0.2) is 5.58 Å². The number of hydrogen-bond donors (Lipinski definition) is 0. The van der Waals surface area contributed by atoms with Crippen molar-refractivity contribution in [2.24, 2.45) is 0 Å². The molecule has 0 atom stereocenters. The Hall–Kier alpha value is -4.38. The fourth-order valence-electron chi connectivity index (χ4n) is 5.10. The highest BCUT2D eigenvalue weighted by Crippen LogP contribution is 2.46. The van der Waals surface area contributed by atoms with Crippen LogP contribution in [0.2, 0.25) is 0 Å². The molecular weight excluding hydrogens is 386 g/mol. The van der Waals surface area contributed by atoms with E-state index >= 15 is 0 Å². The van der Waals surface area contributed by atoms with Crippen molar-refractivity contribution in [1.82, 2.24) is 14.4 Å². The van der Waals surface area contributed by atoms with Gasteiger partial charge in [0.2, 0.25) is 0 Å². The third-order valence-electron chi connectivity index (χ3n) is 6.33. The topological polar surface area (TPSA) is 56.5 Å². The lowest BCUT2D eigenvalue weighted by molar-refractivity contribution is 0.667. The molecule has 0 fully saturated rings. The fourth-order valence-corrected chi connectivity index (χ4v) is 5.10. The Bertz CT molecular complexity index is 2010. The zero-order valence-corrected chi connectivity index (χ0v) is 16.2. The summed E-state index contributed by atoms with van der Waals surface area (Å²) < 4.78 is 15.1. The normalized spacial score (nSPS) is 12.5. The Balaban J connectivity index is 1.88. The lowest BCUT2D eigenvalue weighted by Crippen LogP contribution is -1.92. The largest absolute Gasteiger partial charge is 0.455 e. The molecule has 8 rings (SSSR count). The summed E-state index contributed by atoms with van der Waals surface area (Å²) in [5.41, 5.74) is 5.25. The van der Waals surface area contributed by atoms with Crippen LogP contribution in [0.3, 0.4) is 0 Å². The van der Waals surface area contributed by atoms with Crippen molar-refractivity contribution in [2.75, 3.05) is 0 Å². The van der Waals surface area contributed by atoms with Gasteiger partial charge in [-0.2, -0.15) is 0 Å². The summed E-state index contributed by atoms with van der Waals surface area (Å²) >= 11 is 0. The lowest BCUT2D eigenvalue weighted by Gasteiger charge is -2.09. The van der Waals surface area contributed by atoms with Crippen LogP contribution in [0.15, 0.2) is 88.2 Å².